The Bertz CT molecular complexity index is 364. The fourth-order valence-corrected chi connectivity index (χ4v) is 2.25. The highest BCUT2D eigenvalue weighted by Crippen LogP contribution is 2.24. The van der Waals surface area contributed by atoms with Gasteiger partial charge in [-0.2, -0.15) is 0 Å². The second-order valence-corrected chi connectivity index (χ2v) is 4.42. The van der Waals surface area contributed by atoms with Gasteiger partial charge in [-0.3, -0.25) is 4.79 Å². The van der Waals surface area contributed by atoms with E-state index in [2.05, 4.69) is 15.3 Å². The Hall–Kier alpha value is -1.36. The molecule has 2 heterocycles. The van der Waals surface area contributed by atoms with Gasteiger partial charge >= 0.3 is 0 Å². The van der Waals surface area contributed by atoms with Crippen LogP contribution in [-0.4, -0.2) is 28.6 Å². The number of imidazole rings is 1. The van der Waals surface area contributed by atoms with Gasteiger partial charge in [0, 0.05) is 19.0 Å². The molecule has 1 amide bonds. The maximum atomic E-state index is 12.1. The number of hydrogen-bond acceptors (Lipinski definition) is 3. The second-order valence-electron chi connectivity index (χ2n) is 4.42. The molecule has 1 aromatic heterocycles. The molecule has 94 valence electrons. The number of rotatable bonds is 4. The summed E-state index contributed by atoms with van der Waals surface area (Å²) in [5.41, 5.74) is 0. The number of carbonyl (C=O) groups is 1. The van der Waals surface area contributed by atoms with Gasteiger partial charge in [-0.1, -0.05) is 6.92 Å². The number of aromatic amines is 1. The van der Waals surface area contributed by atoms with Crippen molar-refractivity contribution in [3.63, 3.8) is 0 Å². The van der Waals surface area contributed by atoms with Crippen LogP contribution in [0.15, 0.2) is 12.4 Å². The topological polar surface area (TPSA) is 67.0 Å². The third-order valence-corrected chi connectivity index (χ3v) is 3.24. The molecular formula is C12H19N3O2. The van der Waals surface area contributed by atoms with Gasteiger partial charge in [0.05, 0.1) is 18.1 Å². The molecule has 0 saturated carbocycles. The van der Waals surface area contributed by atoms with E-state index in [1.165, 1.54) is 0 Å². The number of amides is 1. The van der Waals surface area contributed by atoms with E-state index in [-0.39, 0.29) is 24.0 Å². The van der Waals surface area contributed by atoms with Crippen molar-refractivity contribution in [1.29, 1.82) is 0 Å². The lowest BCUT2D eigenvalue weighted by Crippen LogP contribution is -2.36. The van der Waals surface area contributed by atoms with Crippen molar-refractivity contribution in [2.45, 2.75) is 38.8 Å². The predicted octanol–water partition coefficient (Wildman–Crippen LogP) is 1.40. The standard InChI is InChI=1S/C12H19N3O2/c1-3-10-9(4-7-17-10)12(16)15-8(2)11-13-5-6-14-11/h5-6,8-10H,3-4,7H2,1-2H3,(H,13,14)(H,15,16). The third kappa shape index (κ3) is 2.66. The third-order valence-electron chi connectivity index (χ3n) is 3.24. The molecule has 3 unspecified atom stereocenters. The number of H-pyrrole nitrogens is 1. The van der Waals surface area contributed by atoms with Crippen LogP contribution in [0.3, 0.4) is 0 Å². The minimum Gasteiger partial charge on any atom is -0.377 e. The van der Waals surface area contributed by atoms with E-state index < -0.39 is 0 Å². The maximum absolute atomic E-state index is 12.1. The summed E-state index contributed by atoms with van der Waals surface area (Å²) < 4.78 is 5.52. The number of hydrogen-bond donors (Lipinski definition) is 2. The highest BCUT2D eigenvalue weighted by atomic mass is 16.5. The van der Waals surface area contributed by atoms with Crippen LogP contribution < -0.4 is 5.32 Å². The first-order chi connectivity index (χ1) is 8.22. The molecule has 0 aliphatic carbocycles. The summed E-state index contributed by atoms with van der Waals surface area (Å²) >= 11 is 0. The average Bonchev–Trinajstić information content (AvgIpc) is 2.99. The van der Waals surface area contributed by atoms with Crippen LogP contribution in [0, 0.1) is 5.92 Å². The summed E-state index contributed by atoms with van der Waals surface area (Å²) in [4.78, 5) is 19.2. The molecule has 5 heteroatoms. The van der Waals surface area contributed by atoms with Gasteiger partial charge in [-0.15, -0.1) is 0 Å². The fourth-order valence-electron chi connectivity index (χ4n) is 2.25. The first-order valence-corrected chi connectivity index (χ1v) is 6.13. The molecule has 5 nitrogen and oxygen atoms in total. The van der Waals surface area contributed by atoms with Crippen molar-refractivity contribution in [3.05, 3.63) is 18.2 Å². The molecule has 1 aliphatic heterocycles. The van der Waals surface area contributed by atoms with Crippen LogP contribution >= 0.6 is 0 Å². The normalized spacial score (nSPS) is 25.8. The Morgan fingerprint density at radius 2 is 2.59 bits per heavy atom. The smallest absolute Gasteiger partial charge is 0.226 e. The summed E-state index contributed by atoms with van der Waals surface area (Å²) in [5, 5.41) is 2.98. The Balaban J connectivity index is 1.92. The molecule has 1 fully saturated rings. The van der Waals surface area contributed by atoms with E-state index >= 15 is 0 Å². The van der Waals surface area contributed by atoms with Gasteiger partial charge < -0.3 is 15.0 Å². The molecule has 3 atom stereocenters. The van der Waals surface area contributed by atoms with Crippen molar-refractivity contribution >= 4 is 5.91 Å². The summed E-state index contributed by atoms with van der Waals surface area (Å²) in [6.45, 7) is 4.66. The van der Waals surface area contributed by atoms with Crippen molar-refractivity contribution in [3.8, 4) is 0 Å². The summed E-state index contributed by atoms with van der Waals surface area (Å²) in [7, 11) is 0. The average molecular weight is 237 g/mol. The van der Waals surface area contributed by atoms with Gasteiger partial charge in [-0.25, -0.2) is 4.98 Å². The number of nitrogens with zero attached hydrogens (tertiary/aromatic N) is 1. The van der Waals surface area contributed by atoms with Gasteiger partial charge in [0.15, 0.2) is 0 Å². The molecule has 0 aromatic carbocycles. The highest BCUT2D eigenvalue weighted by Gasteiger charge is 2.33. The molecule has 0 radical (unpaired) electrons. The molecule has 2 N–H and O–H groups in total. The van der Waals surface area contributed by atoms with E-state index in [1.807, 2.05) is 13.8 Å². The number of nitrogens with one attached hydrogen (secondary N) is 2. The zero-order chi connectivity index (χ0) is 12.3. The van der Waals surface area contributed by atoms with E-state index in [0.717, 1.165) is 18.7 Å². The molecule has 0 spiro atoms. The predicted molar refractivity (Wildman–Crippen MR) is 63.3 cm³/mol. The maximum Gasteiger partial charge on any atom is 0.226 e. The first kappa shape index (κ1) is 12.1. The Labute approximate surface area is 101 Å². The van der Waals surface area contributed by atoms with Gasteiger partial charge in [0.2, 0.25) is 5.91 Å². The summed E-state index contributed by atoms with van der Waals surface area (Å²) in [6, 6.07) is -0.0874. The second kappa shape index (κ2) is 5.31. The van der Waals surface area contributed by atoms with E-state index in [9.17, 15) is 4.79 Å². The Morgan fingerprint density at radius 1 is 1.76 bits per heavy atom. The first-order valence-electron chi connectivity index (χ1n) is 6.13. The molecule has 0 bridgehead atoms. The van der Waals surface area contributed by atoms with Crippen LogP contribution in [0.2, 0.25) is 0 Å². The Morgan fingerprint density at radius 3 is 3.24 bits per heavy atom. The molecule has 2 rings (SSSR count). The van der Waals surface area contributed by atoms with Crippen LogP contribution in [-0.2, 0) is 9.53 Å². The number of carbonyl (C=O) groups excluding carboxylic acids is 1. The van der Waals surface area contributed by atoms with Gasteiger partial charge in [-0.05, 0) is 19.8 Å². The molecule has 1 saturated heterocycles. The lowest BCUT2D eigenvalue weighted by molar-refractivity contribution is -0.127. The lowest BCUT2D eigenvalue weighted by Gasteiger charge is -2.19. The van der Waals surface area contributed by atoms with Crippen LogP contribution in [0.4, 0.5) is 0 Å². The monoisotopic (exact) mass is 237 g/mol. The highest BCUT2D eigenvalue weighted by molar-refractivity contribution is 5.79. The molecular weight excluding hydrogens is 218 g/mol. The minimum absolute atomic E-state index is 0.0163. The number of aromatic nitrogens is 2. The van der Waals surface area contributed by atoms with Crippen molar-refractivity contribution in [1.82, 2.24) is 15.3 Å². The van der Waals surface area contributed by atoms with Crippen molar-refractivity contribution < 1.29 is 9.53 Å². The SMILES string of the molecule is CCC1OCCC1C(=O)NC(C)c1ncc[nH]1. The minimum atomic E-state index is -0.0874. The molecule has 17 heavy (non-hydrogen) atoms. The van der Waals surface area contributed by atoms with E-state index in [4.69, 9.17) is 4.74 Å². The van der Waals surface area contributed by atoms with E-state index in [0.29, 0.717) is 6.61 Å². The summed E-state index contributed by atoms with van der Waals surface area (Å²) in [5.74, 6) is 0.834. The summed E-state index contributed by atoms with van der Waals surface area (Å²) in [6.07, 6.45) is 5.21. The molecule has 1 aliphatic rings. The van der Waals surface area contributed by atoms with E-state index in [1.54, 1.807) is 12.4 Å². The number of ether oxygens (including phenoxy) is 1. The lowest BCUT2D eigenvalue weighted by atomic mass is 9.98. The zero-order valence-electron chi connectivity index (χ0n) is 10.3. The van der Waals surface area contributed by atoms with Crippen molar-refractivity contribution in [2.75, 3.05) is 6.61 Å². The largest absolute Gasteiger partial charge is 0.377 e. The van der Waals surface area contributed by atoms with Crippen LogP contribution in [0.25, 0.3) is 0 Å². The molecule has 1 aromatic rings. The quantitative estimate of drug-likeness (QED) is 0.831. The van der Waals surface area contributed by atoms with Gasteiger partial charge in [0.25, 0.3) is 0 Å². The fraction of sp³-hybridized carbons (Fsp3) is 0.667. The Kier molecular flexibility index (Phi) is 3.78. The van der Waals surface area contributed by atoms with Gasteiger partial charge in [0.1, 0.15) is 5.82 Å². The van der Waals surface area contributed by atoms with Crippen LogP contribution in [0.5, 0.6) is 0 Å². The van der Waals surface area contributed by atoms with Crippen molar-refractivity contribution in [2.24, 2.45) is 5.92 Å². The zero-order valence-corrected chi connectivity index (χ0v) is 10.3. The van der Waals surface area contributed by atoms with Crippen LogP contribution in [0.1, 0.15) is 38.6 Å².